The van der Waals surface area contributed by atoms with E-state index in [1.165, 1.54) is 5.56 Å². The Bertz CT molecular complexity index is 486. The van der Waals surface area contributed by atoms with E-state index in [9.17, 15) is 0 Å². The van der Waals surface area contributed by atoms with Crippen molar-refractivity contribution in [3.8, 4) is 5.75 Å². The first-order chi connectivity index (χ1) is 10.2. The largest absolute Gasteiger partial charge is 0.496 e. The van der Waals surface area contributed by atoms with Gasteiger partial charge in [0, 0.05) is 25.1 Å². The standard InChI is InChI=1S/C16H24N2O3/c1-19-15-4-3-13(10-17)9-14(15)11-18-6-2-5-16(12-18)20-7-8-21-16/h3-4,9H,2,5-8,10-12,17H2,1H3. The maximum absolute atomic E-state index is 5.84. The maximum atomic E-state index is 5.84. The summed E-state index contributed by atoms with van der Waals surface area (Å²) in [4.78, 5) is 2.38. The van der Waals surface area contributed by atoms with Gasteiger partial charge in [-0.15, -0.1) is 0 Å². The highest BCUT2D eigenvalue weighted by molar-refractivity contribution is 5.37. The van der Waals surface area contributed by atoms with Crippen molar-refractivity contribution >= 4 is 0 Å². The van der Waals surface area contributed by atoms with Gasteiger partial charge in [-0.1, -0.05) is 6.07 Å². The number of nitrogens with two attached hydrogens (primary N) is 1. The smallest absolute Gasteiger partial charge is 0.181 e. The molecule has 2 saturated heterocycles. The van der Waals surface area contributed by atoms with Crippen molar-refractivity contribution in [3.63, 3.8) is 0 Å². The first-order valence-electron chi connectivity index (χ1n) is 7.61. The van der Waals surface area contributed by atoms with Crippen molar-refractivity contribution in [1.82, 2.24) is 4.90 Å². The molecule has 0 aromatic heterocycles. The number of benzene rings is 1. The Hall–Kier alpha value is -1.14. The van der Waals surface area contributed by atoms with Crippen LogP contribution in [-0.4, -0.2) is 44.1 Å². The molecule has 2 aliphatic rings. The molecule has 0 amide bonds. The van der Waals surface area contributed by atoms with Crippen LogP contribution in [0.2, 0.25) is 0 Å². The summed E-state index contributed by atoms with van der Waals surface area (Å²) in [5, 5.41) is 0. The van der Waals surface area contributed by atoms with E-state index < -0.39 is 0 Å². The van der Waals surface area contributed by atoms with E-state index in [1.807, 2.05) is 12.1 Å². The first kappa shape index (κ1) is 14.8. The van der Waals surface area contributed by atoms with Gasteiger partial charge in [-0.3, -0.25) is 4.90 Å². The Labute approximate surface area is 126 Å². The van der Waals surface area contributed by atoms with Gasteiger partial charge in [0.1, 0.15) is 5.75 Å². The second-order valence-electron chi connectivity index (χ2n) is 5.77. The predicted octanol–water partition coefficient (Wildman–Crippen LogP) is 1.49. The second kappa shape index (κ2) is 6.32. The minimum absolute atomic E-state index is 0.378. The van der Waals surface area contributed by atoms with E-state index in [2.05, 4.69) is 11.0 Å². The van der Waals surface area contributed by atoms with E-state index >= 15 is 0 Å². The molecule has 3 rings (SSSR count). The van der Waals surface area contributed by atoms with Crippen molar-refractivity contribution in [1.29, 1.82) is 0 Å². The third-order valence-electron chi connectivity index (χ3n) is 4.28. The van der Waals surface area contributed by atoms with Gasteiger partial charge in [0.2, 0.25) is 0 Å². The number of hydrogen-bond acceptors (Lipinski definition) is 5. The highest BCUT2D eigenvalue weighted by Gasteiger charge is 2.40. The van der Waals surface area contributed by atoms with Gasteiger partial charge in [-0.05, 0) is 30.7 Å². The number of piperidine rings is 1. The third-order valence-corrected chi connectivity index (χ3v) is 4.28. The maximum Gasteiger partial charge on any atom is 0.181 e. The van der Waals surface area contributed by atoms with Crippen LogP contribution in [0, 0.1) is 0 Å². The Balaban J connectivity index is 1.73. The fourth-order valence-electron chi connectivity index (χ4n) is 3.26. The quantitative estimate of drug-likeness (QED) is 0.911. The first-order valence-corrected chi connectivity index (χ1v) is 7.61. The fraction of sp³-hybridized carbons (Fsp3) is 0.625. The highest BCUT2D eigenvalue weighted by atomic mass is 16.7. The van der Waals surface area contributed by atoms with E-state index in [4.69, 9.17) is 19.9 Å². The summed E-state index contributed by atoms with van der Waals surface area (Å²) in [5.41, 5.74) is 8.05. The van der Waals surface area contributed by atoms with Gasteiger partial charge < -0.3 is 19.9 Å². The molecule has 1 aromatic rings. The molecule has 1 aromatic carbocycles. The normalized spacial score (nSPS) is 21.8. The molecular weight excluding hydrogens is 268 g/mol. The van der Waals surface area contributed by atoms with Crippen LogP contribution in [0.25, 0.3) is 0 Å². The average molecular weight is 292 g/mol. The number of rotatable bonds is 4. The van der Waals surface area contributed by atoms with Gasteiger partial charge in [-0.25, -0.2) is 0 Å². The topological polar surface area (TPSA) is 57.0 Å². The van der Waals surface area contributed by atoms with Crippen LogP contribution in [-0.2, 0) is 22.6 Å². The Kier molecular flexibility index (Phi) is 4.45. The molecule has 21 heavy (non-hydrogen) atoms. The summed E-state index contributed by atoms with van der Waals surface area (Å²) in [7, 11) is 1.71. The van der Waals surface area contributed by atoms with Gasteiger partial charge >= 0.3 is 0 Å². The Morgan fingerprint density at radius 1 is 1.33 bits per heavy atom. The van der Waals surface area contributed by atoms with Crippen molar-refractivity contribution in [2.45, 2.75) is 31.7 Å². The SMILES string of the molecule is COc1ccc(CN)cc1CN1CCCC2(C1)OCCO2. The molecule has 5 heteroatoms. The molecule has 0 aliphatic carbocycles. The van der Waals surface area contributed by atoms with Crippen LogP contribution in [0.1, 0.15) is 24.0 Å². The lowest BCUT2D eigenvalue weighted by molar-refractivity contribution is -0.190. The predicted molar refractivity (Wildman–Crippen MR) is 80.0 cm³/mol. The molecule has 0 bridgehead atoms. The molecule has 116 valence electrons. The van der Waals surface area contributed by atoms with Gasteiger partial charge in [0.15, 0.2) is 5.79 Å². The number of methoxy groups -OCH3 is 1. The van der Waals surface area contributed by atoms with Crippen LogP contribution >= 0.6 is 0 Å². The zero-order valence-electron chi connectivity index (χ0n) is 12.6. The van der Waals surface area contributed by atoms with Crippen LogP contribution < -0.4 is 10.5 Å². The number of hydrogen-bond donors (Lipinski definition) is 1. The van der Waals surface area contributed by atoms with Crippen molar-refractivity contribution in [2.75, 3.05) is 33.4 Å². The van der Waals surface area contributed by atoms with Crippen LogP contribution in [0.5, 0.6) is 5.75 Å². The van der Waals surface area contributed by atoms with Gasteiger partial charge in [0.25, 0.3) is 0 Å². The summed E-state index contributed by atoms with van der Waals surface area (Å²) >= 11 is 0. The molecule has 0 radical (unpaired) electrons. The number of ether oxygens (including phenoxy) is 3. The summed E-state index contributed by atoms with van der Waals surface area (Å²) in [6.45, 7) is 4.69. The summed E-state index contributed by atoms with van der Waals surface area (Å²) in [5.74, 6) is 0.539. The molecule has 0 saturated carbocycles. The molecule has 1 spiro atoms. The number of nitrogens with zero attached hydrogens (tertiary/aromatic N) is 1. The number of likely N-dealkylation sites (tertiary alicyclic amines) is 1. The van der Waals surface area contributed by atoms with Gasteiger partial charge in [-0.2, -0.15) is 0 Å². The van der Waals surface area contributed by atoms with Crippen LogP contribution in [0.4, 0.5) is 0 Å². The lowest BCUT2D eigenvalue weighted by atomic mass is 10.0. The highest BCUT2D eigenvalue weighted by Crippen LogP contribution is 2.31. The molecule has 5 nitrogen and oxygen atoms in total. The summed E-state index contributed by atoms with van der Waals surface area (Å²) in [6.07, 6.45) is 2.09. The lowest BCUT2D eigenvalue weighted by Gasteiger charge is -2.38. The fourth-order valence-corrected chi connectivity index (χ4v) is 3.26. The monoisotopic (exact) mass is 292 g/mol. The van der Waals surface area contributed by atoms with E-state index in [0.717, 1.165) is 43.8 Å². The summed E-state index contributed by atoms with van der Waals surface area (Å²) < 4.78 is 17.1. The lowest BCUT2D eigenvalue weighted by Crippen LogP contribution is -2.48. The van der Waals surface area contributed by atoms with Crippen LogP contribution in [0.15, 0.2) is 18.2 Å². The average Bonchev–Trinajstić information content (AvgIpc) is 2.95. The van der Waals surface area contributed by atoms with Crippen LogP contribution in [0.3, 0.4) is 0 Å². The third kappa shape index (κ3) is 3.21. The van der Waals surface area contributed by atoms with Crippen molar-refractivity contribution in [3.05, 3.63) is 29.3 Å². The van der Waals surface area contributed by atoms with Crippen molar-refractivity contribution in [2.24, 2.45) is 5.73 Å². The summed E-state index contributed by atoms with van der Waals surface area (Å²) in [6, 6.07) is 6.15. The molecule has 2 N–H and O–H groups in total. The van der Waals surface area contributed by atoms with E-state index in [1.54, 1.807) is 7.11 Å². The zero-order valence-corrected chi connectivity index (χ0v) is 12.6. The molecule has 2 aliphatic heterocycles. The van der Waals surface area contributed by atoms with Gasteiger partial charge in [0.05, 0.1) is 26.9 Å². The Morgan fingerprint density at radius 2 is 2.14 bits per heavy atom. The second-order valence-corrected chi connectivity index (χ2v) is 5.77. The molecule has 0 unspecified atom stereocenters. The Morgan fingerprint density at radius 3 is 2.86 bits per heavy atom. The zero-order chi connectivity index (χ0) is 14.7. The minimum atomic E-state index is -0.378. The van der Waals surface area contributed by atoms with E-state index in [0.29, 0.717) is 19.8 Å². The van der Waals surface area contributed by atoms with E-state index in [-0.39, 0.29) is 5.79 Å². The molecule has 2 fully saturated rings. The molecular formula is C16H24N2O3. The minimum Gasteiger partial charge on any atom is -0.496 e. The molecule has 0 atom stereocenters. The molecule has 2 heterocycles. The van der Waals surface area contributed by atoms with Crippen molar-refractivity contribution < 1.29 is 14.2 Å².